The summed E-state index contributed by atoms with van der Waals surface area (Å²) in [6.07, 6.45) is -1.92. The normalized spacial score (nSPS) is 25.5. The van der Waals surface area contributed by atoms with Gasteiger partial charge in [0.25, 0.3) is 0 Å². The van der Waals surface area contributed by atoms with Crippen molar-refractivity contribution in [2.75, 3.05) is 24.7 Å². The molecular formula is C11H19N6O12P3. The first-order valence-corrected chi connectivity index (χ1v) is 13.0. The van der Waals surface area contributed by atoms with Crippen molar-refractivity contribution in [3.8, 4) is 0 Å². The summed E-state index contributed by atoms with van der Waals surface area (Å²) in [6, 6.07) is 0. The number of nitrogens with one attached hydrogen (secondary N) is 1. The van der Waals surface area contributed by atoms with Crippen LogP contribution < -0.4 is 11.1 Å². The minimum Gasteiger partial charge on any atom is -0.390 e. The molecule has 180 valence electrons. The second-order valence-electron chi connectivity index (χ2n) is 6.32. The molecule has 5 atom stereocenters. The van der Waals surface area contributed by atoms with Crippen LogP contribution in [0.5, 0.6) is 0 Å². The molecule has 0 amide bonds. The number of hydrogen-bond acceptors (Lipinski definition) is 13. The topological polar surface area (TPSA) is 271 Å². The molecule has 3 rings (SSSR count). The van der Waals surface area contributed by atoms with Crippen LogP contribution in [-0.4, -0.2) is 70.1 Å². The lowest BCUT2D eigenvalue weighted by Crippen LogP contribution is -2.26. The Morgan fingerprint density at radius 2 is 1.91 bits per heavy atom. The number of fused-ring (bicyclic) bond motifs is 1. The third-order valence-corrected chi connectivity index (χ3v) is 7.81. The lowest BCUT2D eigenvalue weighted by molar-refractivity contribution is -0.0423. The molecule has 21 heteroatoms. The highest BCUT2D eigenvalue weighted by atomic mass is 31.3. The van der Waals surface area contributed by atoms with Crippen molar-refractivity contribution in [3.05, 3.63) is 6.33 Å². The summed E-state index contributed by atoms with van der Waals surface area (Å²) in [5.74, 6) is 0.306. The van der Waals surface area contributed by atoms with Gasteiger partial charge < -0.3 is 40.5 Å². The first kappa shape index (κ1) is 25.1. The summed E-state index contributed by atoms with van der Waals surface area (Å²) in [7, 11) is -14.9. The number of phosphoric ester groups is 1. The van der Waals surface area contributed by atoms with Crippen LogP contribution in [0.4, 0.5) is 11.8 Å². The van der Waals surface area contributed by atoms with Gasteiger partial charge in [-0.25, -0.2) is 18.7 Å². The van der Waals surface area contributed by atoms with Gasteiger partial charge in [-0.1, -0.05) is 0 Å². The number of rotatable bonds is 9. The number of nitrogen functional groups attached to an aromatic ring is 1. The Morgan fingerprint density at radius 1 is 1.22 bits per heavy atom. The summed E-state index contributed by atoms with van der Waals surface area (Å²) in [6.45, 7) is -0.799. The maximum absolute atomic E-state index is 11.8. The molecule has 0 aliphatic carbocycles. The van der Waals surface area contributed by atoms with E-state index in [2.05, 4.69) is 33.4 Å². The Kier molecular flexibility index (Phi) is 7.08. The number of imidazole rings is 1. The summed E-state index contributed by atoms with van der Waals surface area (Å²) in [5.41, 5.74) is 6.33. The van der Waals surface area contributed by atoms with Gasteiger partial charge in [-0.3, -0.25) is 9.09 Å². The molecule has 0 aromatic carbocycles. The van der Waals surface area contributed by atoms with E-state index in [1.165, 1.54) is 10.9 Å². The standard InChI is InChI=1S/C11H19N6O12P3/c1-13-9-8-10(16-11(12)15-9)17(4-14-8)7-2-5(18)6(27-7)3-26-31(22,23)29-32(24,25)28-30(19,20)21/h4-7,18H,2-3H2,1H3,(H,22,23)(H,24,25)(H2,19,20,21)(H3,12,13,15,16)/t5-,6+,7+/m0/s1. The summed E-state index contributed by atoms with van der Waals surface area (Å²) in [5, 5.41) is 13.0. The van der Waals surface area contributed by atoms with Crippen LogP contribution in [0.3, 0.4) is 0 Å². The van der Waals surface area contributed by atoms with E-state index in [4.69, 9.17) is 25.2 Å². The molecule has 0 spiro atoms. The maximum Gasteiger partial charge on any atom is 0.490 e. The van der Waals surface area contributed by atoms with E-state index in [-0.39, 0.29) is 18.0 Å². The minimum absolute atomic E-state index is 0.0192. The van der Waals surface area contributed by atoms with Crippen molar-refractivity contribution in [3.63, 3.8) is 0 Å². The predicted octanol–water partition coefficient (Wildman–Crippen LogP) is -0.558. The third-order valence-electron chi connectivity index (χ3n) is 4.01. The van der Waals surface area contributed by atoms with Gasteiger partial charge in [0.2, 0.25) is 5.95 Å². The SMILES string of the molecule is CNc1nc(N)nc2c1ncn2[C@H]1C[C@H](O)[C@@H](COP(=O)(O)OP(=O)(O)OP(=O)(O)O)O1. The Morgan fingerprint density at radius 3 is 2.53 bits per heavy atom. The number of aromatic nitrogens is 4. The average Bonchev–Trinajstić information content (AvgIpc) is 3.19. The van der Waals surface area contributed by atoms with Crippen LogP contribution in [0.1, 0.15) is 12.6 Å². The van der Waals surface area contributed by atoms with Crippen LogP contribution in [-0.2, 0) is 31.6 Å². The molecule has 2 aromatic rings. The van der Waals surface area contributed by atoms with Crippen LogP contribution in [0.15, 0.2) is 6.33 Å². The van der Waals surface area contributed by atoms with Crippen molar-refractivity contribution >= 4 is 46.4 Å². The smallest absolute Gasteiger partial charge is 0.390 e. The van der Waals surface area contributed by atoms with Gasteiger partial charge in [0.1, 0.15) is 12.3 Å². The number of aliphatic hydroxyl groups is 1. The predicted molar refractivity (Wildman–Crippen MR) is 104 cm³/mol. The van der Waals surface area contributed by atoms with Gasteiger partial charge in [-0.2, -0.15) is 18.6 Å². The number of ether oxygens (including phenoxy) is 1. The van der Waals surface area contributed by atoms with Gasteiger partial charge in [-0.15, -0.1) is 0 Å². The van der Waals surface area contributed by atoms with Crippen molar-refractivity contribution in [2.24, 2.45) is 0 Å². The molecule has 18 nitrogen and oxygen atoms in total. The zero-order valence-corrected chi connectivity index (χ0v) is 18.7. The largest absolute Gasteiger partial charge is 0.490 e. The highest BCUT2D eigenvalue weighted by molar-refractivity contribution is 7.66. The van der Waals surface area contributed by atoms with Gasteiger partial charge in [-0.05, 0) is 0 Å². The lowest BCUT2D eigenvalue weighted by atomic mass is 10.2. The summed E-state index contributed by atoms with van der Waals surface area (Å²) < 4.78 is 52.6. The number of anilines is 2. The Bertz CT molecular complexity index is 1140. The highest BCUT2D eigenvalue weighted by Crippen LogP contribution is 2.66. The van der Waals surface area contributed by atoms with Crippen molar-refractivity contribution in [1.82, 2.24) is 19.5 Å². The summed E-state index contributed by atoms with van der Waals surface area (Å²) >= 11 is 0. The number of hydrogen-bond donors (Lipinski definition) is 7. The molecular weight excluding hydrogens is 501 g/mol. The molecule has 1 aliphatic heterocycles. The molecule has 2 unspecified atom stereocenters. The zero-order valence-electron chi connectivity index (χ0n) is 16.0. The van der Waals surface area contributed by atoms with E-state index < -0.39 is 48.5 Å². The van der Waals surface area contributed by atoms with E-state index in [9.17, 15) is 23.7 Å². The second-order valence-corrected chi connectivity index (χ2v) is 10.7. The monoisotopic (exact) mass is 520 g/mol. The van der Waals surface area contributed by atoms with Crippen molar-refractivity contribution in [1.29, 1.82) is 0 Å². The molecule has 3 heterocycles. The van der Waals surface area contributed by atoms with Gasteiger partial charge in [0.15, 0.2) is 17.0 Å². The van der Waals surface area contributed by atoms with E-state index in [1.807, 2.05) is 0 Å². The number of nitrogens with two attached hydrogens (primary N) is 1. The fraction of sp³-hybridized carbons (Fsp3) is 0.545. The average molecular weight is 520 g/mol. The molecule has 32 heavy (non-hydrogen) atoms. The van der Waals surface area contributed by atoms with Gasteiger partial charge in [0.05, 0.1) is 19.0 Å². The van der Waals surface area contributed by atoms with Gasteiger partial charge >= 0.3 is 23.5 Å². The van der Waals surface area contributed by atoms with Crippen LogP contribution in [0.2, 0.25) is 0 Å². The Labute approximate surface area is 178 Å². The molecule has 1 fully saturated rings. The highest BCUT2D eigenvalue weighted by Gasteiger charge is 2.43. The second kappa shape index (κ2) is 9.02. The number of aliphatic hydroxyl groups excluding tert-OH is 1. The van der Waals surface area contributed by atoms with Gasteiger partial charge in [0, 0.05) is 13.5 Å². The van der Waals surface area contributed by atoms with Crippen molar-refractivity contribution in [2.45, 2.75) is 24.9 Å². The van der Waals surface area contributed by atoms with E-state index in [1.54, 1.807) is 7.05 Å². The zero-order chi connectivity index (χ0) is 23.9. The molecule has 0 saturated carbocycles. The van der Waals surface area contributed by atoms with Crippen molar-refractivity contribution < 1.29 is 56.3 Å². The first-order chi connectivity index (χ1) is 14.7. The lowest BCUT2D eigenvalue weighted by Gasteiger charge is -2.19. The first-order valence-electron chi connectivity index (χ1n) is 8.49. The summed E-state index contributed by atoms with van der Waals surface area (Å²) in [4.78, 5) is 48.0. The minimum atomic E-state index is -5.65. The molecule has 8 N–H and O–H groups in total. The maximum atomic E-state index is 11.8. The van der Waals surface area contributed by atoms with E-state index in [0.29, 0.717) is 11.3 Å². The van der Waals surface area contributed by atoms with E-state index in [0.717, 1.165) is 0 Å². The molecule has 1 saturated heterocycles. The number of phosphoric acid groups is 3. The molecule has 0 bridgehead atoms. The third kappa shape index (κ3) is 6.08. The molecule has 2 aromatic heterocycles. The Balaban J connectivity index is 1.68. The Hall–Kier alpha value is -1.52. The fourth-order valence-corrected chi connectivity index (χ4v) is 5.86. The quantitative estimate of drug-likeness (QED) is 0.204. The van der Waals surface area contributed by atoms with Crippen LogP contribution >= 0.6 is 23.5 Å². The molecule has 0 radical (unpaired) electrons. The van der Waals surface area contributed by atoms with Crippen LogP contribution in [0.25, 0.3) is 11.2 Å². The fourth-order valence-electron chi connectivity index (χ4n) is 2.83. The molecule has 1 aliphatic rings. The van der Waals surface area contributed by atoms with Crippen LogP contribution in [0, 0.1) is 0 Å². The van der Waals surface area contributed by atoms with E-state index >= 15 is 0 Å². The number of nitrogens with zero attached hydrogens (tertiary/aromatic N) is 4.